The van der Waals surface area contributed by atoms with E-state index in [4.69, 9.17) is 0 Å². The molecule has 92 valence electrons. The maximum absolute atomic E-state index is 10.6. The van der Waals surface area contributed by atoms with Crippen LogP contribution in [0.5, 0.6) is 0 Å². The molecule has 2 heteroatoms. The van der Waals surface area contributed by atoms with Gasteiger partial charge in [0.2, 0.25) is 0 Å². The zero-order chi connectivity index (χ0) is 12.5. The predicted octanol–water partition coefficient (Wildman–Crippen LogP) is 3.68. The van der Waals surface area contributed by atoms with E-state index in [9.17, 15) is 4.79 Å². The number of carbonyl (C=O) groups is 1. The number of benzene rings is 1. The SMILES string of the molecule is C=CCN(CCCCC)c1ccc(C=O)cc1. The van der Waals surface area contributed by atoms with Gasteiger partial charge >= 0.3 is 0 Å². The molecule has 0 heterocycles. The van der Waals surface area contributed by atoms with Gasteiger partial charge in [-0.05, 0) is 30.7 Å². The van der Waals surface area contributed by atoms with Crippen LogP contribution < -0.4 is 4.90 Å². The van der Waals surface area contributed by atoms with Gasteiger partial charge in [-0.25, -0.2) is 0 Å². The van der Waals surface area contributed by atoms with Gasteiger partial charge < -0.3 is 4.90 Å². The van der Waals surface area contributed by atoms with Crippen molar-refractivity contribution >= 4 is 12.0 Å². The van der Waals surface area contributed by atoms with Gasteiger partial charge in [0.1, 0.15) is 6.29 Å². The van der Waals surface area contributed by atoms with E-state index in [1.165, 1.54) is 19.3 Å². The van der Waals surface area contributed by atoms with Crippen LogP contribution in [0.25, 0.3) is 0 Å². The quantitative estimate of drug-likeness (QED) is 0.386. The minimum absolute atomic E-state index is 0.723. The normalized spacial score (nSPS) is 9.94. The Balaban J connectivity index is 2.66. The monoisotopic (exact) mass is 231 g/mol. The highest BCUT2D eigenvalue weighted by molar-refractivity contribution is 5.75. The first-order valence-electron chi connectivity index (χ1n) is 6.23. The van der Waals surface area contributed by atoms with Crippen LogP contribution in [-0.4, -0.2) is 19.4 Å². The summed E-state index contributed by atoms with van der Waals surface area (Å²) in [6.07, 6.45) is 6.46. The molecule has 0 aromatic heterocycles. The van der Waals surface area contributed by atoms with E-state index in [0.717, 1.165) is 30.6 Å². The van der Waals surface area contributed by atoms with Gasteiger partial charge in [0.15, 0.2) is 0 Å². The van der Waals surface area contributed by atoms with Gasteiger partial charge in [-0.1, -0.05) is 25.8 Å². The minimum atomic E-state index is 0.723. The molecule has 17 heavy (non-hydrogen) atoms. The largest absolute Gasteiger partial charge is 0.368 e. The molecule has 1 aromatic carbocycles. The molecule has 0 N–H and O–H groups in total. The standard InChI is InChI=1S/C15H21NO/c1-3-5-6-12-16(11-4-2)15-9-7-14(13-17)8-10-15/h4,7-10,13H,2-3,5-6,11-12H2,1H3. The van der Waals surface area contributed by atoms with Gasteiger partial charge in [0, 0.05) is 24.3 Å². The first-order valence-corrected chi connectivity index (χ1v) is 6.23. The first-order chi connectivity index (χ1) is 8.31. The molecule has 0 radical (unpaired) electrons. The molecule has 1 aromatic rings. The van der Waals surface area contributed by atoms with Crippen LogP contribution in [0.2, 0.25) is 0 Å². The van der Waals surface area contributed by atoms with Gasteiger partial charge in [-0.3, -0.25) is 4.79 Å². The van der Waals surface area contributed by atoms with Crippen molar-refractivity contribution in [1.29, 1.82) is 0 Å². The Kier molecular flexibility index (Phi) is 6.08. The average Bonchev–Trinajstić information content (AvgIpc) is 2.38. The summed E-state index contributed by atoms with van der Waals surface area (Å²) in [6, 6.07) is 7.72. The molecule has 0 aliphatic heterocycles. The topological polar surface area (TPSA) is 20.3 Å². The summed E-state index contributed by atoms with van der Waals surface area (Å²) in [5.41, 5.74) is 1.88. The molecular weight excluding hydrogens is 210 g/mol. The van der Waals surface area contributed by atoms with E-state index in [1.54, 1.807) is 0 Å². The number of aldehydes is 1. The van der Waals surface area contributed by atoms with Crippen LogP contribution in [0.3, 0.4) is 0 Å². The Hall–Kier alpha value is -1.57. The number of nitrogens with zero attached hydrogens (tertiary/aromatic N) is 1. The smallest absolute Gasteiger partial charge is 0.150 e. The second-order valence-electron chi connectivity index (χ2n) is 4.15. The number of anilines is 1. The number of unbranched alkanes of at least 4 members (excludes halogenated alkanes) is 2. The summed E-state index contributed by atoms with van der Waals surface area (Å²) in [4.78, 5) is 12.9. The predicted molar refractivity (Wildman–Crippen MR) is 73.8 cm³/mol. The second-order valence-corrected chi connectivity index (χ2v) is 4.15. The van der Waals surface area contributed by atoms with Crippen molar-refractivity contribution in [3.63, 3.8) is 0 Å². The van der Waals surface area contributed by atoms with Crippen LogP contribution in [0, 0.1) is 0 Å². The molecule has 0 amide bonds. The van der Waals surface area contributed by atoms with E-state index in [2.05, 4.69) is 18.4 Å². The van der Waals surface area contributed by atoms with Gasteiger partial charge in [0.25, 0.3) is 0 Å². The fourth-order valence-electron chi connectivity index (χ4n) is 1.80. The Morgan fingerprint density at radius 2 is 1.94 bits per heavy atom. The van der Waals surface area contributed by atoms with Crippen molar-refractivity contribution in [2.45, 2.75) is 26.2 Å². The van der Waals surface area contributed by atoms with E-state index in [0.29, 0.717) is 0 Å². The van der Waals surface area contributed by atoms with Crippen molar-refractivity contribution in [2.24, 2.45) is 0 Å². The molecule has 0 aliphatic carbocycles. The van der Waals surface area contributed by atoms with Crippen molar-refractivity contribution < 1.29 is 4.79 Å². The summed E-state index contributed by atoms with van der Waals surface area (Å²) in [7, 11) is 0. The second kappa shape index (κ2) is 7.66. The summed E-state index contributed by atoms with van der Waals surface area (Å²) >= 11 is 0. The molecule has 0 atom stereocenters. The van der Waals surface area contributed by atoms with E-state index in [1.807, 2.05) is 30.3 Å². The molecule has 0 spiro atoms. The maximum Gasteiger partial charge on any atom is 0.150 e. The third kappa shape index (κ3) is 4.43. The number of carbonyl (C=O) groups excluding carboxylic acids is 1. The lowest BCUT2D eigenvalue weighted by molar-refractivity contribution is 0.112. The average molecular weight is 231 g/mol. The molecule has 2 nitrogen and oxygen atoms in total. The van der Waals surface area contributed by atoms with Crippen molar-refractivity contribution in [1.82, 2.24) is 0 Å². The Bertz CT molecular complexity index is 342. The Morgan fingerprint density at radius 3 is 2.47 bits per heavy atom. The molecule has 0 aliphatic rings. The fraction of sp³-hybridized carbons (Fsp3) is 0.400. The summed E-state index contributed by atoms with van der Waals surface area (Å²) < 4.78 is 0. The third-order valence-corrected chi connectivity index (χ3v) is 2.78. The summed E-state index contributed by atoms with van der Waals surface area (Å²) in [5.74, 6) is 0. The third-order valence-electron chi connectivity index (χ3n) is 2.78. The van der Waals surface area contributed by atoms with Gasteiger partial charge in [-0.15, -0.1) is 6.58 Å². The van der Waals surface area contributed by atoms with Gasteiger partial charge in [-0.2, -0.15) is 0 Å². The van der Waals surface area contributed by atoms with E-state index in [-0.39, 0.29) is 0 Å². The van der Waals surface area contributed by atoms with Crippen LogP contribution in [0.1, 0.15) is 36.5 Å². The Labute approximate surface area is 104 Å². The summed E-state index contributed by atoms with van der Waals surface area (Å²) in [5, 5.41) is 0. The molecule has 1 rings (SSSR count). The lowest BCUT2D eigenvalue weighted by Crippen LogP contribution is -2.24. The number of rotatable bonds is 8. The zero-order valence-corrected chi connectivity index (χ0v) is 10.6. The van der Waals surface area contributed by atoms with Crippen molar-refractivity contribution in [3.8, 4) is 0 Å². The van der Waals surface area contributed by atoms with Crippen LogP contribution in [-0.2, 0) is 0 Å². The van der Waals surface area contributed by atoms with Crippen molar-refractivity contribution in [3.05, 3.63) is 42.5 Å². The molecule has 0 unspecified atom stereocenters. The van der Waals surface area contributed by atoms with Crippen molar-refractivity contribution in [2.75, 3.05) is 18.0 Å². The van der Waals surface area contributed by atoms with E-state index < -0.39 is 0 Å². The zero-order valence-electron chi connectivity index (χ0n) is 10.6. The van der Waals surface area contributed by atoms with Crippen LogP contribution in [0.4, 0.5) is 5.69 Å². The fourth-order valence-corrected chi connectivity index (χ4v) is 1.80. The highest BCUT2D eigenvalue weighted by atomic mass is 16.1. The summed E-state index contributed by atoms with van der Waals surface area (Å²) in [6.45, 7) is 7.89. The lowest BCUT2D eigenvalue weighted by Gasteiger charge is -2.23. The highest BCUT2D eigenvalue weighted by Crippen LogP contribution is 2.15. The molecule has 0 bridgehead atoms. The molecular formula is C15H21NO. The lowest BCUT2D eigenvalue weighted by atomic mass is 10.2. The van der Waals surface area contributed by atoms with Gasteiger partial charge in [0.05, 0.1) is 0 Å². The first kappa shape index (κ1) is 13.5. The van der Waals surface area contributed by atoms with E-state index >= 15 is 0 Å². The molecule has 0 saturated heterocycles. The maximum atomic E-state index is 10.6. The van der Waals surface area contributed by atoms with Crippen LogP contribution >= 0.6 is 0 Å². The number of hydrogen-bond donors (Lipinski definition) is 0. The molecule has 0 fully saturated rings. The Morgan fingerprint density at radius 1 is 1.24 bits per heavy atom. The highest BCUT2D eigenvalue weighted by Gasteiger charge is 2.04. The minimum Gasteiger partial charge on any atom is -0.368 e. The van der Waals surface area contributed by atoms with Crippen LogP contribution in [0.15, 0.2) is 36.9 Å². The molecule has 0 saturated carbocycles. The number of hydrogen-bond acceptors (Lipinski definition) is 2.